The van der Waals surface area contributed by atoms with Gasteiger partial charge in [0.2, 0.25) is 0 Å². The van der Waals surface area contributed by atoms with Crippen LogP contribution in [-0.4, -0.2) is 11.1 Å². The van der Waals surface area contributed by atoms with Crippen LogP contribution in [0.3, 0.4) is 0 Å². The fourth-order valence-electron chi connectivity index (χ4n) is 2.19. The molecule has 0 fully saturated rings. The monoisotopic (exact) mass is 298 g/mol. The first kappa shape index (κ1) is 13.6. The van der Waals surface area contributed by atoms with E-state index in [0.29, 0.717) is 12.2 Å². The van der Waals surface area contributed by atoms with Gasteiger partial charge in [-0.25, -0.2) is 4.79 Å². The minimum atomic E-state index is -0.909. The average Bonchev–Trinajstić information content (AvgIpc) is 2.87. The molecular weight excluding hydrogens is 284 g/mol. The molecule has 0 aliphatic heterocycles. The van der Waals surface area contributed by atoms with Crippen molar-refractivity contribution in [2.75, 3.05) is 0 Å². The van der Waals surface area contributed by atoms with Crippen molar-refractivity contribution in [3.8, 4) is 5.75 Å². The molecule has 0 amide bonds. The molecule has 3 nitrogen and oxygen atoms in total. The van der Waals surface area contributed by atoms with Crippen LogP contribution < -0.4 is 4.74 Å². The molecule has 0 saturated heterocycles. The van der Waals surface area contributed by atoms with Gasteiger partial charge < -0.3 is 9.84 Å². The number of hydrogen-bond donors (Lipinski definition) is 1. The van der Waals surface area contributed by atoms with Crippen molar-refractivity contribution in [3.63, 3.8) is 0 Å². The minimum absolute atomic E-state index is 0.303. The molecule has 3 rings (SSSR count). The third-order valence-electron chi connectivity index (χ3n) is 3.28. The summed E-state index contributed by atoms with van der Waals surface area (Å²) in [7, 11) is 0. The third kappa shape index (κ3) is 2.90. The van der Waals surface area contributed by atoms with Crippen LogP contribution in [0.15, 0.2) is 47.8 Å². The van der Waals surface area contributed by atoms with Crippen molar-refractivity contribution < 1.29 is 14.6 Å². The van der Waals surface area contributed by atoms with E-state index in [1.807, 2.05) is 42.6 Å². The van der Waals surface area contributed by atoms with E-state index in [9.17, 15) is 4.79 Å². The smallest absolute Gasteiger partial charge is 0.335 e. The molecule has 0 aliphatic carbocycles. The number of aryl methyl sites for hydroxylation is 1. The van der Waals surface area contributed by atoms with Crippen LogP contribution in [0.4, 0.5) is 0 Å². The van der Waals surface area contributed by atoms with Crippen LogP contribution in [0.5, 0.6) is 5.75 Å². The molecule has 0 radical (unpaired) electrons. The van der Waals surface area contributed by atoms with Crippen molar-refractivity contribution >= 4 is 27.4 Å². The summed E-state index contributed by atoms with van der Waals surface area (Å²) in [6.07, 6.45) is 0. The van der Waals surface area contributed by atoms with E-state index >= 15 is 0 Å². The van der Waals surface area contributed by atoms with Gasteiger partial charge in [0.25, 0.3) is 0 Å². The molecule has 0 aliphatic rings. The lowest BCUT2D eigenvalue weighted by Gasteiger charge is -2.06. The summed E-state index contributed by atoms with van der Waals surface area (Å²) in [4.78, 5) is 11.1. The molecule has 0 unspecified atom stereocenters. The zero-order valence-electron chi connectivity index (χ0n) is 11.5. The topological polar surface area (TPSA) is 46.5 Å². The molecule has 2 aromatic carbocycles. The van der Waals surface area contributed by atoms with Gasteiger partial charge in [0.15, 0.2) is 0 Å². The van der Waals surface area contributed by atoms with Crippen LogP contribution in [0, 0.1) is 6.92 Å². The number of rotatable bonds is 4. The normalized spacial score (nSPS) is 10.7. The van der Waals surface area contributed by atoms with Gasteiger partial charge in [-0.15, -0.1) is 11.3 Å². The number of carboxylic acids is 1. The fourth-order valence-corrected chi connectivity index (χ4v) is 3.12. The zero-order chi connectivity index (χ0) is 14.8. The summed E-state index contributed by atoms with van der Waals surface area (Å²) in [5.41, 5.74) is 2.47. The standard InChI is InChI=1S/C17H14O3S/c1-11-3-2-4-14(7-11)20-9-13-10-21-16-6-5-12(17(18)19)8-15(13)16/h2-8,10H,9H2,1H3,(H,18,19). The van der Waals surface area contributed by atoms with Crippen LogP contribution in [0.25, 0.3) is 10.1 Å². The highest BCUT2D eigenvalue weighted by Gasteiger charge is 2.09. The van der Waals surface area contributed by atoms with Crippen molar-refractivity contribution in [1.82, 2.24) is 0 Å². The fraction of sp³-hybridized carbons (Fsp3) is 0.118. The molecule has 1 heterocycles. The predicted octanol–water partition coefficient (Wildman–Crippen LogP) is 4.49. The molecule has 4 heteroatoms. The quantitative estimate of drug-likeness (QED) is 0.772. The highest BCUT2D eigenvalue weighted by atomic mass is 32.1. The Morgan fingerprint density at radius 3 is 2.86 bits per heavy atom. The van der Waals surface area contributed by atoms with E-state index in [1.165, 1.54) is 0 Å². The van der Waals surface area contributed by atoms with Crippen molar-refractivity contribution in [2.24, 2.45) is 0 Å². The lowest BCUT2D eigenvalue weighted by atomic mass is 10.1. The van der Waals surface area contributed by atoms with E-state index in [1.54, 1.807) is 23.5 Å². The number of thiophene rings is 1. The largest absolute Gasteiger partial charge is 0.489 e. The summed E-state index contributed by atoms with van der Waals surface area (Å²) in [5, 5.41) is 12.1. The molecule has 106 valence electrons. The van der Waals surface area contributed by atoms with Gasteiger partial charge in [0.1, 0.15) is 12.4 Å². The molecule has 1 aromatic heterocycles. The summed E-state index contributed by atoms with van der Waals surface area (Å²) in [5.74, 6) is -0.0857. The number of hydrogen-bond acceptors (Lipinski definition) is 3. The molecule has 0 bridgehead atoms. The lowest BCUT2D eigenvalue weighted by molar-refractivity contribution is 0.0697. The third-order valence-corrected chi connectivity index (χ3v) is 4.30. The number of benzene rings is 2. The van der Waals surface area contributed by atoms with E-state index < -0.39 is 5.97 Å². The first-order valence-corrected chi connectivity index (χ1v) is 7.44. The summed E-state index contributed by atoms with van der Waals surface area (Å²) in [6, 6.07) is 13.1. The Morgan fingerprint density at radius 2 is 2.10 bits per heavy atom. The Morgan fingerprint density at radius 1 is 1.24 bits per heavy atom. The zero-order valence-corrected chi connectivity index (χ0v) is 12.3. The summed E-state index contributed by atoms with van der Waals surface area (Å²) < 4.78 is 6.87. The van der Waals surface area contributed by atoms with E-state index in [4.69, 9.17) is 9.84 Å². The van der Waals surface area contributed by atoms with Crippen LogP contribution in [-0.2, 0) is 6.61 Å². The van der Waals surface area contributed by atoms with Gasteiger partial charge in [-0.1, -0.05) is 12.1 Å². The Balaban J connectivity index is 1.86. The van der Waals surface area contributed by atoms with Gasteiger partial charge in [-0.3, -0.25) is 0 Å². The van der Waals surface area contributed by atoms with Crippen molar-refractivity contribution in [3.05, 3.63) is 64.5 Å². The van der Waals surface area contributed by atoms with Crippen molar-refractivity contribution in [1.29, 1.82) is 0 Å². The maximum atomic E-state index is 11.1. The van der Waals surface area contributed by atoms with Gasteiger partial charge in [-0.05, 0) is 53.6 Å². The van der Waals surface area contributed by atoms with Crippen LogP contribution in [0.1, 0.15) is 21.5 Å². The number of carboxylic acid groups (broad SMARTS) is 1. The highest BCUT2D eigenvalue weighted by molar-refractivity contribution is 7.17. The van der Waals surface area contributed by atoms with Gasteiger partial charge in [0.05, 0.1) is 5.56 Å². The number of aromatic carboxylic acids is 1. The Labute approximate surface area is 126 Å². The maximum Gasteiger partial charge on any atom is 0.335 e. The first-order chi connectivity index (χ1) is 10.1. The van der Waals surface area contributed by atoms with E-state index in [0.717, 1.165) is 27.0 Å². The van der Waals surface area contributed by atoms with E-state index in [2.05, 4.69) is 0 Å². The molecule has 0 atom stereocenters. The number of ether oxygens (including phenoxy) is 1. The van der Waals surface area contributed by atoms with Gasteiger partial charge in [0, 0.05) is 10.3 Å². The maximum absolute atomic E-state index is 11.1. The van der Waals surface area contributed by atoms with Crippen molar-refractivity contribution in [2.45, 2.75) is 13.5 Å². The Bertz CT molecular complexity index is 805. The first-order valence-electron chi connectivity index (χ1n) is 6.56. The predicted molar refractivity (Wildman–Crippen MR) is 84.3 cm³/mol. The van der Waals surface area contributed by atoms with Gasteiger partial charge in [-0.2, -0.15) is 0 Å². The second-order valence-electron chi connectivity index (χ2n) is 4.88. The SMILES string of the molecule is Cc1cccc(OCc2csc3ccc(C(=O)O)cc23)c1. The Kier molecular flexibility index (Phi) is 3.62. The second kappa shape index (κ2) is 5.58. The Hall–Kier alpha value is -2.33. The average molecular weight is 298 g/mol. The molecular formula is C17H14O3S. The van der Waals surface area contributed by atoms with Gasteiger partial charge >= 0.3 is 5.97 Å². The summed E-state index contributed by atoms with van der Waals surface area (Å²) >= 11 is 1.60. The summed E-state index contributed by atoms with van der Waals surface area (Å²) in [6.45, 7) is 2.46. The number of carbonyl (C=O) groups is 1. The molecule has 0 saturated carbocycles. The van der Waals surface area contributed by atoms with E-state index in [-0.39, 0.29) is 0 Å². The lowest BCUT2D eigenvalue weighted by Crippen LogP contribution is -1.97. The number of fused-ring (bicyclic) bond motifs is 1. The minimum Gasteiger partial charge on any atom is -0.489 e. The highest BCUT2D eigenvalue weighted by Crippen LogP contribution is 2.28. The molecule has 1 N–H and O–H groups in total. The molecule has 0 spiro atoms. The van der Waals surface area contributed by atoms with Crippen LogP contribution in [0.2, 0.25) is 0 Å². The second-order valence-corrected chi connectivity index (χ2v) is 5.79. The van der Waals surface area contributed by atoms with Crippen LogP contribution >= 0.6 is 11.3 Å². The molecule has 21 heavy (non-hydrogen) atoms. The molecule has 3 aromatic rings.